The summed E-state index contributed by atoms with van der Waals surface area (Å²) in [7, 11) is 0. The summed E-state index contributed by atoms with van der Waals surface area (Å²) in [5.41, 5.74) is -0.632. The average Bonchev–Trinajstić information content (AvgIpc) is 3.41. The van der Waals surface area contributed by atoms with Crippen molar-refractivity contribution in [1.29, 1.82) is 0 Å². The Morgan fingerprint density at radius 3 is 2.87 bits per heavy atom. The molecule has 12 heteroatoms. The Bertz CT molecular complexity index is 1890. The molecule has 2 atom stereocenters. The number of fused-ring (bicyclic) bond motifs is 3. The van der Waals surface area contributed by atoms with Gasteiger partial charge in [0.1, 0.15) is 41.4 Å². The summed E-state index contributed by atoms with van der Waals surface area (Å²) in [5, 5.41) is 1.02. The minimum Gasteiger partial charge on any atom is -0.461 e. The Morgan fingerprint density at radius 1 is 1.17 bits per heavy atom. The second-order valence-electron chi connectivity index (χ2n) is 12.1. The second-order valence-corrected chi connectivity index (χ2v) is 12.1. The van der Waals surface area contributed by atoms with Gasteiger partial charge in [0, 0.05) is 56.7 Å². The fraction of sp³-hybridized carbons (Fsp3) is 0.412. The first-order valence-electron chi connectivity index (χ1n) is 15.4. The van der Waals surface area contributed by atoms with Crippen molar-refractivity contribution in [1.82, 2.24) is 19.9 Å². The van der Waals surface area contributed by atoms with Gasteiger partial charge in [-0.1, -0.05) is 12.0 Å². The molecule has 0 radical (unpaired) electrons. The Balaban J connectivity index is 1.39. The van der Waals surface area contributed by atoms with E-state index in [-0.39, 0.29) is 46.1 Å². The van der Waals surface area contributed by atoms with E-state index in [4.69, 9.17) is 25.6 Å². The zero-order valence-corrected chi connectivity index (χ0v) is 25.3. The van der Waals surface area contributed by atoms with Crippen LogP contribution in [0.25, 0.3) is 32.9 Å². The Labute approximate surface area is 263 Å². The number of carbonyl (C=O) groups excluding carboxylic acids is 1. The van der Waals surface area contributed by atoms with Crippen LogP contribution < -0.4 is 14.4 Å². The van der Waals surface area contributed by atoms with Crippen molar-refractivity contribution in [3.05, 3.63) is 47.7 Å². The molecule has 0 spiro atoms. The quantitative estimate of drug-likeness (QED) is 0.162. The van der Waals surface area contributed by atoms with Gasteiger partial charge in [0.15, 0.2) is 5.82 Å². The van der Waals surface area contributed by atoms with Gasteiger partial charge >= 0.3 is 12.0 Å². The van der Waals surface area contributed by atoms with E-state index in [0.717, 1.165) is 25.8 Å². The SMILES string of the molecule is C#Cc1c(F)ccc2cc(OC(C)=O)cc(-c3ncc4c(N5CCCOCC5)nc(OC[C@@]56CCCN5C[C@H](F)C6)nc4c3F)c12. The predicted octanol–water partition coefficient (Wildman–Crippen LogP) is 5.21. The number of terminal acetylenes is 1. The first kappa shape index (κ1) is 30.2. The number of halogens is 3. The van der Waals surface area contributed by atoms with Gasteiger partial charge in [-0.3, -0.25) is 14.7 Å². The van der Waals surface area contributed by atoms with Crippen molar-refractivity contribution >= 4 is 33.5 Å². The number of pyridine rings is 1. The lowest BCUT2D eigenvalue weighted by Gasteiger charge is -2.31. The van der Waals surface area contributed by atoms with Crippen LogP contribution in [0.5, 0.6) is 11.8 Å². The van der Waals surface area contributed by atoms with E-state index in [1.54, 1.807) is 0 Å². The van der Waals surface area contributed by atoms with E-state index >= 15 is 4.39 Å². The van der Waals surface area contributed by atoms with E-state index in [1.807, 2.05) is 4.90 Å². The highest BCUT2D eigenvalue weighted by molar-refractivity contribution is 6.03. The number of alkyl halides is 1. The summed E-state index contributed by atoms with van der Waals surface area (Å²) in [6.07, 6.45) is 9.08. The first-order valence-corrected chi connectivity index (χ1v) is 15.4. The molecule has 3 aliphatic heterocycles. The number of anilines is 1. The van der Waals surface area contributed by atoms with E-state index in [9.17, 15) is 13.6 Å². The molecular formula is C34H32F3N5O4. The largest absolute Gasteiger partial charge is 0.461 e. The fourth-order valence-electron chi connectivity index (χ4n) is 7.09. The van der Waals surface area contributed by atoms with Crippen LogP contribution in [-0.4, -0.2) is 83.5 Å². The van der Waals surface area contributed by atoms with Crippen LogP contribution in [0.2, 0.25) is 0 Å². The first-order chi connectivity index (χ1) is 22.3. The summed E-state index contributed by atoms with van der Waals surface area (Å²) >= 11 is 0. The molecule has 2 aromatic carbocycles. The third kappa shape index (κ3) is 5.37. The molecule has 238 valence electrons. The third-order valence-electron chi connectivity index (χ3n) is 9.10. The van der Waals surface area contributed by atoms with Gasteiger partial charge in [0.2, 0.25) is 0 Å². The number of aromatic nitrogens is 3. The molecule has 0 N–H and O–H groups in total. The van der Waals surface area contributed by atoms with Crippen molar-refractivity contribution in [3.63, 3.8) is 0 Å². The van der Waals surface area contributed by atoms with Crippen molar-refractivity contribution in [3.8, 4) is 35.4 Å². The molecule has 0 saturated carbocycles. The van der Waals surface area contributed by atoms with Crippen LogP contribution in [-0.2, 0) is 9.53 Å². The lowest BCUT2D eigenvalue weighted by molar-refractivity contribution is -0.131. The van der Waals surface area contributed by atoms with E-state index < -0.39 is 29.3 Å². The number of nitrogens with zero attached hydrogens (tertiary/aromatic N) is 5. The molecule has 0 amide bonds. The van der Waals surface area contributed by atoms with E-state index in [0.29, 0.717) is 55.9 Å². The van der Waals surface area contributed by atoms with E-state index in [2.05, 4.69) is 20.8 Å². The molecule has 3 aliphatic rings. The van der Waals surface area contributed by atoms with Gasteiger partial charge in [0.25, 0.3) is 0 Å². The predicted molar refractivity (Wildman–Crippen MR) is 166 cm³/mol. The average molecular weight is 632 g/mol. The molecule has 5 heterocycles. The summed E-state index contributed by atoms with van der Waals surface area (Å²) in [5.74, 6) is 0.867. The smallest absolute Gasteiger partial charge is 0.319 e. The summed E-state index contributed by atoms with van der Waals surface area (Å²) in [4.78, 5) is 29.7. The standard InChI is InChI=1S/C34H32F3N5O4/c1-3-24-27(36)7-6-21-14-23(46-20(2)43)15-25(28(21)24)30-29(37)31-26(17-38-30)32(41-9-5-12-44-13-11-41)40-33(39-31)45-19-34-8-4-10-42(34)18-22(35)16-34/h1,6-7,14-15,17,22H,4-5,8-13,16,18-19H2,2H3/t22-,34+/m1/s1. The molecule has 4 aromatic rings. The molecule has 3 saturated heterocycles. The summed E-state index contributed by atoms with van der Waals surface area (Å²) < 4.78 is 63.4. The third-order valence-corrected chi connectivity index (χ3v) is 9.10. The van der Waals surface area contributed by atoms with Crippen LogP contribution in [0.4, 0.5) is 19.0 Å². The van der Waals surface area contributed by atoms with Gasteiger partial charge in [-0.25, -0.2) is 13.2 Å². The van der Waals surface area contributed by atoms with Crippen LogP contribution in [0, 0.1) is 24.0 Å². The lowest BCUT2D eigenvalue weighted by Crippen LogP contribution is -2.43. The van der Waals surface area contributed by atoms with Crippen LogP contribution in [0.3, 0.4) is 0 Å². The molecule has 2 aromatic heterocycles. The normalized spacial score (nSPS) is 21.7. The molecule has 7 rings (SSSR count). The molecule has 0 aliphatic carbocycles. The minimum absolute atomic E-state index is 0.0406. The maximum absolute atomic E-state index is 16.9. The zero-order chi connectivity index (χ0) is 32.0. The lowest BCUT2D eigenvalue weighted by atomic mass is 9.95. The minimum atomic E-state index is -0.935. The topological polar surface area (TPSA) is 89.9 Å². The van der Waals surface area contributed by atoms with Gasteiger partial charge in [-0.2, -0.15) is 9.97 Å². The monoisotopic (exact) mass is 631 g/mol. The summed E-state index contributed by atoms with van der Waals surface area (Å²) in [6, 6.07) is 5.59. The fourth-order valence-corrected chi connectivity index (χ4v) is 7.09. The highest BCUT2D eigenvalue weighted by Crippen LogP contribution is 2.42. The highest BCUT2D eigenvalue weighted by atomic mass is 19.1. The van der Waals surface area contributed by atoms with Crippen LogP contribution in [0.1, 0.15) is 38.2 Å². The highest BCUT2D eigenvalue weighted by Gasteiger charge is 2.49. The number of hydrogen-bond donors (Lipinski definition) is 0. The van der Waals surface area contributed by atoms with Gasteiger partial charge < -0.3 is 19.1 Å². The maximum atomic E-state index is 16.9. The molecular weight excluding hydrogens is 599 g/mol. The van der Waals surface area contributed by atoms with Crippen LogP contribution in [0.15, 0.2) is 30.5 Å². The van der Waals surface area contributed by atoms with Crippen molar-refractivity contribution < 1.29 is 32.2 Å². The van der Waals surface area contributed by atoms with E-state index in [1.165, 1.54) is 37.4 Å². The number of esters is 1. The molecule has 9 nitrogen and oxygen atoms in total. The number of hydrogen-bond acceptors (Lipinski definition) is 9. The van der Waals surface area contributed by atoms with Gasteiger partial charge in [-0.15, -0.1) is 6.42 Å². The molecule has 0 unspecified atom stereocenters. The maximum Gasteiger partial charge on any atom is 0.319 e. The number of rotatable bonds is 6. The molecule has 0 bridgehead atoms. The molecule has 3 fully saturated rings. The van der Waals surface area contributed by atoms with Crippen LogP contribution >= 0.6 is 0 Å². The zero-order valence-electron chi connectivity index (χ0n) is 25.3. The number of benzene rings is 2. The van der Waals surface area contributed by atoms with Gasteiger partial charge in [0.05, 0.1) is 23.1 Å². The van der Waals surface area contributed by atoms with Crippen molar-refractivity contribution in [2.24, 2.45) is 0 Å². The van der Waals surface area contributed by atoms with Crippen molar-refractivity contribution in [2.45, 2.75) is 44.3 Å². The number of carbonyl (C=O) groups is 1. The second kappa shape index (κ2) is 12.0. The Morgan fingerprint density at radius 2 is 2.04 bits per heavy atom. The Kier molecular flexibility index (Phi) is 7.90. The van der Waals surface area contributed by atoms with Crippen molar-refractivity contribution in [2.75, 3.05) is 50.9 Å². The Hall–Kier alpha value is -4.47. The number of ether oxygens (including phenoxy) is 3. The molecule has 46 heavy (non-hydrogen) atoms. The van der Waals surface area contributed by atoms with Gasteiger partial charge in [-0.05, 0) is 49.4 Å². The summed E-state index contributed by atoms with van der Waals surface area (Å²) in [6.45, 7) is 4.74.